The molecule has 4 heteroatoms. The van der Waals surface area contributed by atoms with Crippen molar-refractivity contribution in [1.29, 1.82) is 0 Å². The van der Waals surface area contributed by atoms with Gasteiger partial charge in [-0.15, -0.1) is 0 Å². The predicted molar refractivity (Wildman–Crippen MR) is 81.6 cm³/mol. The van der Waals surface area contributed by atoms with Gasteiger partial charge in [-0.2, -0.15) is 0 Å². The van der Waals surface area contributed by atoms with Crippen molar-refractivity contribution in [3.05, 3.63) is 29.8 Å². The van der Waals surface area contributed by atoms with Crippen LogP contribution >= 0.6 is 0 Å². The number of unbranched alkanes of at least 4 members (excludes halogenated alkanes) is 5. The number of nitrogens with one attached hydrogen (secondary N) is 1. The van der Waals surface area contributed by atoms with Gasteiger partial charge in [0.15, 0.2) is 0 Å². The van der Waals surface area contributed by atoms with Gasteiger partial charge in [-0.1, -0.05) is 39.0 Å². The molecule has 2 amide bonds. The molecule has 110 valence electrons. The van der Waals surface area contributed by atoms with E-state index in [1.165, 1.54) is 25.7 Å². The highest BCUT2D eigenvalue weighted by Crippen LogP contribution is 2.11. The number of primary amides is 1. The van der Waals surface area contributed by atoms with Crippen LogP contribution in [0.5, 0.6) is 0 Å². The SMILES string of the molecule is CCCCCCCCC(=O)Nc1ccc(C(N)=O)cc1. The third kappa shape index (κ3) is 6.36. The van der Waals surface area contributed by atoms with Gasteiger partial charge in [-0.3, -0.25) is 9.59 Å². The Kier molecular flexibility index (Phi) is 7.40. The lowest BCUT2D eigenvalue weighted by atomic mass is 10.1. The summed E-state index contributed by atoms with van der Waals surface area (Å²) in [4.78, 5) is 22.6. The summed E-state index contributed by atoms with van der Waals surface area (Å²) in [6.07, 6.45) is 7.55. The van der Waals surface area contributed by atoms with Crippen LogP contribution in [0.1, 0.15) is 62.2 Å². The lowest BCUT2D eigenvalue weighted by Crippen LogP contribution is -2.13. The number of benzene rings is 1. The van der Waals surface area contributed by atoms with Crippen LogP contribution in [-0.4, -0.2) is 11.8 Å². The van der Waals surface area contributed by atoms with Gasteiger partial charge >= 0.3 is 0 Å². The second-order valence-electron chi connectivity index (χ2n) is 5.01. The Labute approximate surface area is 120 Å². The van der Waals surface area contributed by atoms with E-state index in [9.17, 15) is 9.59 Å². The molecule has 0 bridgehead atoms. The first kappa shape index (κ1) is 16.2. The Morgan fingerprint density at radius 3 is 2.20 bits per heavy atom. The van der Waals surface area contributed by atoms with Crippen LogP contribution in [0.15, 0.2) is 24.3 Å². The lowest BCUT2D eigenvalue weighted by Gasteiger charge is -2.05. The van der Waals surface area contributed by atoms with Gasteiger partial charge in [-0.05, 0) is 30.7 Å². The average molecular weight is 276 g/mol. The van der Waals surface area contributed by atoms with Crippen LogP contribution in [0.2, 0.25) is 0 Å². The Morgan fingerprint density at radius 1 is 1.00 bits per heavy atom. The first-order valence-corrected chi connectivity index (χ1v) is 7.33. The van der Waals surface area contributed by atoms with Gasteiger partial charge in [0, 0.05) is 17.7 Å². The molecular formula is C16H24N2O2. The molecule has 0 aliphatic rings. The van der Waals surface area contributed by atoms with E-state index in [-0.39, 0.29) is 5.91 Å². The number of anilines is 1. The van der Waals surface area contributed by atoms with Gasteiger partial charge in [0.25, 0.3) is 0 Å². The molecule has 0 fully saturated rings. The van der Waals surface area contributed by atoms with E-state index in [4.69, 9.17) is 5.73 Å². The maximum absolute atomic E-state index is 11.7. The first-order chi connectivity index (χ1) is 9.63. The molecule has 0 saturated heterocycles. The third-order valence-electron chi connectivity index (χ3n) is 3.21. The predicted octanol–water partition coefficient (Wildman–Crippen LogP) is 3.47. The normalized spacial score (nSPS) is 10.2. The van der Waals surface area contributed by atoms with E-state index in [1.807, 2.05) is 0 Å². The van der Waals surface area contributed by atoms with E-state index in [1.54, 1.807) is 24.3 Å². The van der Waals surface area contributed by atoms with Crippen LogP contribution in [0.4, 0.5) is 5.69 Å². The highest BCUT2D eigenvalue weighted by atomic mass is 16.1. The summed E-state index contributed by atoms with van der Waals surface area (Å²) in [6, 6.07) is 6.61. The molecule has 0 radical (unpaired) electrons. The zero-order valence-corrected chi connectivity index (χ0v) is 12.2. The topological polar surface area (TPSA) is 72.2 Å². The molecule has 1 aromatic rings. The van der Waals surface area contributed by atoms with Crippen molar-refractivity contribution >= 4 is 17.5 Å². The standard InChI is InChI=1S/C16H24N2O2/c1-2-3-4-5-6-7-8-15(19)18-14-11-9-13(10-12-14)16(17)20/h9-12H,2-8H2,1H3,(H2,17,20)(H,18,19). The lowest BCUT2D eigenvalue weighted by molar-refractivity contribution is -0.116. The molecule has 0 aliphatic carbocycles. The molecule has 3 N–H and O–H groups in total. The van der Waals surface area contributed by atoms with Gasteiger partial charge < -0.3 is 11.1 Å². The Balaban J connectivity index is 2.23. The fourth-order valence-corrected chi connectivity index (χ4v) is 2.01. The van der Waals surface area contributed by atoms with Gasteiger partial charge in [0.2, 0.25) is 11.8 Å². The molecule has 0 atom stereocenters. The average Bonchev–Trinajstić information content (AvgIpc) is 2.43. The summed E-state index contributed by atoms with van der Waals surface area (Å²) >= 11 is 0. The van der Waals surface area contributed by atoms with Gasteiger partial charge in [0.1, 0.15) is 0 Å². The molecule has 20 heavy (non-hydrogen) atoms. The fourth-order valence-electron chi connectivity index (χ4n) is 2.01. The van der Waals surface area contributed by atoms with Crippen molar-refractivity contribution in [1.82, 2.24) is 0 Å². The maximum atomic E-state index is 11.7. The summed E-state index contributed by atoms with van der Waals surface area (Å²) in [6.45, 7) is 2.19. The largest absolute Gasteiger partial charge is 0.366 e. The Morgan fingerprint density at radius 2 is 1.60 bits per heavy atom. The van der Waals surface area contributed by atoms with Crippen molar-refractivity contribution in [2.24, 2.45) is 5.73 Å². The summed E-state index contributed by atoms with van der Waals surface area (Å²) in [5.41, 5.74) is 6.30. The van der Waals surface area contributed by atoms with Gasteiger partial charge in [0.05, 0.1) is 0 Å². The number of carbonyl (C=O) groups excluding carboxylic acids is 2. The number of rotatable bonds is 9. The van der Waals surface area contributed by atoms with Crippen LogP contribution in [0.3, 0.4) is 0 Å². The monoisotopic (exact) mass is 276 g/mol. The third-order valence-corrected chi connectivity index (χ3v) is 3.21. The van der Waals surface area contributed by atoms with Crippen LogP contribution in [-0.2, 0) is 4.79 Å². The van der Waals surface area contributed by atoms with Crippen molar-refractivity contribution in [2.45, 2.75) is 51.9 Å². The quantitative estimate of drug-likeness (QED) is 0.678. The summed E-state index contributed by atoms with van der Waals surface area (Å²) in [5.74, 6) is -0.442. The molecule has 0 saturated carbocycles. The van der Waals surface area contributed by atoms with Crippen molar-refractivity contribution in [3.63, 3.8) is 0 Å². The van der Waals surface area contributed by atoms with E-state index in [0.29, 0.717) is 17.7 Å². The van der Waals surface area contributed by atoms with E-state index in [0.717, 1.165) is 12.8 Å². The van der Waals surface area contributed by atoms with E-state index in [2.05, 4.69) is 12.2 Å². The summed E-state index contributed by atoms with van der Waals surface area (Å²) in [5, 5.41) is 2.82. The summed E-state index contributed by atoms with van der Waals surface area (Å²) in [7, 11) is 0. The molecule has 1 aromatic carbocycles. The van der Waals surface area contributed by atoms with Crippen molar-refractivity contribution in [2.75, 3.05) is 5.32 Å². The maximum Gasteiger partial charge on any atom is 0.248 e. The molecule has 0 aromatic heterocycles. The molecule has 0 spiro atoms. The minimum absolute atomic E-state index is 0.0207. The number of carbonyl (C=O) groups is 2. The number of hydrogen-bond donors (Lipinski definition) is 2. The molecule has 1 rings (SSSR count). The molecule has 0 unspecified atom stereocenters. The Hall–Kier alpha value is -1.84. The zero-order valence-electron chi connectivity index (χ0n) is 12.2. The van der Waals surface area contributed by atoms with Crippen molar-refractivity contribution in [3.8, 4) is 0 Å². The second kappa shape index (κ2) is 9.13. The van der Waals surface area contributed by atoms with Crippen LogP contribution in [0, 0.1) is 0 Å². The Bertz CT molecular complexity index is 427. The number of amides is 2. The second-order valence-corrected chi connectivity index (χ2v) is 5.01. The molecule has 4 nitrogen and oxygen atoms in total. The zero-order chi connectivity index (χ0) is 14.8. The molecule has 0 aliphatic heterocycles. The minimum atomic E-state index is -0.463. The highest BCUT2D eigenvalue weighted by Gasteiger charge is 2.04. The van der Waals surface area contributed by atoms with Gasteiger partial charge in [-0.25, -0.2) is 0 Å². The molecule has 0 heterocycles. The smallest absolute Gasteiger partial charge is 0.248 e. The first-order valence-electron chi connectivity index (χ1n) is 7.33. The van der Waals surface area contributed by atoms with Crippen molar-refractivity contribution < 1.29 is 9.59 Å². The fraction of sp³-hybridized carbons (Fsp3) is 0.500. The van der Waals surface area contributed by atoms with Crippen LogP contribution in [0.25, 0.3) is 0 Å². The highest BCUT2D eigenvalue weighted by molar-refractivity contribution is 5.94. The summed E-state index contributed by atoms with van der Waals surface area (Å²) < 4.78 is 0. The van der Waals surface area contributed by atoms with Crippen LogP contribution < -0.4 is 11.1 Å². The minimum Gasteiger partial charge on any atom is -0.366 e. The number of hydrogen-bond acceptors (Lipinski definition) is 2. The van der Waals surface area contributed by atoms with E-state index < -0.39 is 5.91 Å². The van der Waals surface area contributed by atoms with E-state index >= 15 is 0 Å². The molecular weight excluding hydrogens is 252 g/mol. The number of nitrogens with two attached hydrogens (primary N) is 1.